The summed E-state index contributed by atoms with van der Waals surface area (Å²) < 4.78 is 0. The van der Waals surface area contributed by atoms with Crippen LogP contribution in [0.5, 0.6) is 0 Å². The van der Waals surface area contributed by atoms with E-state index in [2.05, 4.69) is 5.32 Å². The van der Waals surface area contributed by atoms with Gasteiger partial charge in [0.1, 0.15) is 0 Å². The second-order valence-electron chi connectivity index (χ2n) is 5.49. The number of nitrogens with one attached hydrogen (secondary N) is 1. The van der Waals surface area contributed by atoms with Crippen LogP contribution in [0.4, 0.5) is 4.79 Å². The van der Waals surface area contributed by atoms with Gasteiger partial charge in [-0.3, -0.25) is 4.79 Å². The quantitative estimate of drug-likeness (QED) is 0.811. The minimum absolute atomic E-state index is 0.114. The third kappa shape index (κ3) is 4.77. The molecular weight excluding hydrogens is 268 g/mol. The minimum atomic E-state index is -0.922. The molecule has 0 bridgehead atoms. The summed E-state index contributed by atoms with van der Waals surface area (Å²) in [7, 11) is 0. The molecule has 1 aliphatic rings. The van der Waals surface area contributed by atoms with Crippen LogP contribution in [-0.4, -0.2) is 35.1 Å². The first-order valence-electron chi connectivity index (χ1n) is 7.42. The summed E-state index contributed by atoms with van der Waals surface area (Å²) in [6.07, 6.45) is 2.25. The molecule has 0 radical (unpaired) electrons. The van der Waals surface area contributed by atoms with Crippen molar-refractivity contribution in [1.29, 1.82) is 0 Å². The highest BCUT2D eigenvalue weighted by Crippen LogP contribution is 2.29. The van der Waals surface area contributed by atoms with E-state index in [1.54, 1.807) is 4.90 Å². The maximum absolute atomic E-state index is 12.3. The first-order valence-corrected chi connectivity index (χ1v) is 7.42. The van der Waals surface area contributed by atoms with Crippen molar-refractivity contribution in [1.82, 2.24) is 10.2 Å². The zero-order chi connectivity index (χ0) is 15.2. The first kappa shape index (κ1) is 15.4. The molecule has 21 heavy (non-hydrogen) atoms. The van der Waals surface area contributed by atoms with Gasteiger partial charge in [-0.25, -0.2) is 4.79 Å². The Morgan fingerprint density at radius 3 is 2.52 bits per heavy atom. The third-order valence-corrected chi connectivity index (χ3v) is 3.72. The fourth-order valence-electron chi connectivity index (χ4n) is 2.32. The van der Waals surface area contributed by atoms with Crippen molar-refractivity contribution in [3.63, 3.8) is 0 Å². The van der Waals surface area contributed by atoms with Crippen LogP contribution in [-0.2, 0) is 4.79 Å². The van der Waals surface area contributed by atoms with Crippen molar-refractivity contribution in [2.24, 2.45) is 5.92 Å². The maximum Gasteiger partial charge on any atom is 0.317 e. The number of aliphatic carboxylic acids is 1. The van der Waals surface area contributed by atoms with Gasteiger partial charge in [0.25, 0.3) is 0 Å². The van der Waals surface area contributed by atoms with E-state index in [1.807, 2.05) is 37.3 Å². The van der Waals surface area contributed by atoms with Crippen molar-refractivity contribution >= 4 is 12.0 Å². The predicted molar refractivity (Wildman–Crippen MR) is 79.9 cm³/mol. The van der Waals surface area contributed by atoms with E-state index in [1.165, 1.54) is 12.8 Å². The second-order valence-corrected chi connectivity index (χ2v) is 5.49. The van der Waals surface area contributed by atoms with Crippen molar-refractivity contribution in [2.75, 3.05) is 13.1 Å². The molecule has 1 aromatic rings. The molecule has 0 heterocycles. The Bertz CT molecular complexity index is 486. The van der Waals surface area contributed by atoms with E-state index in [9.17, 15) is 9.59 Å². The Morgan fingerprint density at radius 1 is 1.33 bits per heavy atom. The van der Waals surface area contributed by atoms with Crippen LogP contribution < -0.4 is 5.32 Å². The molecule has 1 unspecified atom stereocenters. The van der Waals surface area contributed by atoms with E-state index in [4.69, 9.17) is 5.11 Å². The van der Waals surface area contributed by atoms with Crippen LogP contribution in [0.2, 0.25) is 0 Å². The van der Waals surface area contributed by atoms with Crippen molar-refractivity contribution < 1.29 is 14.7 Å². The molecule has 114 valence electrons. The number of carbonyl (C=O) groups is 2. The molecule has 0 saturated heterocycles. The smallest absolute Gasteiger partial charge is 0.317 e. The zero-order valence-electron chi connectivity index (χ0n) is 12.3. The van der Waals surface area contributed by atoms with Crippen LogP contribution in [0.3, 0.4) is 0 Å². The van der Waals surface area contributed by atoms with Gasteiger partial charge in [0.15, 0.2) is 0 Å². The average molecular weight is 290 g/mol. The number of nitrogens with zero attached hydrogens (tertiary/aromatic N) is 1. The molecule has 1 aromatic carbocycles. The van der Waals surface area contributed by atoms with Crippen LogP contribution in [0.1, 0.15) is 37.8 Å². The molecule has 5 nitrogen and oxygen atoms in total. The fraction of sp³-hybridized carbons (Fsp3) is 0.500. The highest BCUT2D eigenvalue weighted by molar-refractivity contribution is 5.76. The van der Waals surface area contributed by atoms with Gasteiger partial charge in [-0.15, -0.1) is 0 Å². The van der Waals surface area contributed by atoms with Crippen molar-refractivity contribution in [3.8, 4) is 0 Å². The monoisotopic (exact) mass is 290 g/mol. The largest absolute Gasteiger partial charge is 0.481 e. The van der Waals surface area contributed by atoms with Crippen LogP contribution >= 0.6 is 0 Å². The Labute approximate surface area is 125 Å². The van der Waals surface area contributed by atoms with Gasteiger partial charge in [0.2, 0.25) is 0 Å². The Hall–Kier alpha value is -2.04. The molecule has 1 aliphatic carbocycles. The van der Waals surface area contributed by atoms with Crippen LogP contribution in [0, 0.1) is 5.92 Å². The number of amides is 2. The first-order chi connectivity index (χ1) is 10.1. The lowest BCUT2D eigenvalue weighted by atomic mass is 10.0. The standard InChI is InChI=1S/C16H22N2O3/c1-2-18(11-12-8-9-12)16(21)17-14(10-15(19)20)13-6-4-3-5-7-13/h3-7,12,14H,2,8-11H2,1H3,(H,17,21)(H,19,20). The summed E-state index contributed by atoms with van der Waals surface area (Å²) in [5.41, 5.74) is 0.815. The molecule has 0 aromatic heterocycles. The maximum atomic E-state index is 12.3. The highest BCUT2D eigenvalue weighted by atomic mass is 16.4. The van der Waals surface area contributed by atoms with Gasteiger partial charge in [-0.05, 0) is 31.2 Å². The summed E-state index contributed by atoms with van der Waals surface area (Å²) in [5.74, 6) is -0.306. The number of hydrogen-bond acceptors (Lipinski definition) is 2. The van der Waals surface area contributed by atoms with E-state index in [-0.39, 0.29) is 12.5 Å². The van der Waals surface area contributed by atoms with Gasteiger partial charge >= 0.3 is 12.0 Å². The summed E-state index contributed by atoms with van der Waals surface area (Å²) >= 11 is 0. The lowest BCUT2D eigenvalue weighted by Crippen LogP contribution is -2.43. The van der Waals surface area contributed by atoms with E-state index < -0.39 is 12.0 Å². The molecule has 1 saturated carbocycles. The lowest BCUT2D eigenvalue weighted by molar-refractivity contribution is -0.137. The lowest BCUT2D eigenvalue weighted by Gasteiger charge is -2.25. The number of benzene rings is 1. The van der Waals surface area contributed by atoms with E-state index in [0.29, 0.717) is 12.5 Å². The SMILES string of the molecule is CCN(CC1CC1)C(=O)NC(CC(=O)O)c1ccccc1. The number of urea groups is 1. The molecule has 5 heteroatoms. The second kappa shape index (κ2) is 7.11. The van der Waals surface area contributed by atoms with Gasteiger partial charge < -0.3 is 15.3 Å². The van der Waals surface area contributed by atoms with Gasteiger partial charge in [0.05, 0.1) is 12.5 Å². The molecular formula is C16H22N2O3. The predicted octanol–water partition coefficient (Wildman–Crippen LogP) is 2.64. The normalized spacial score (nSPS) is 15.3. The fourth-order valence-corrected chi connectivity index (χ4v) is 2.32. The molecule has 2 rings (SSSR count). The van der Waals surface area contributed by atoms with E-state index in [0.717, 1.165) is 12.1 Å². The highest BCUT2D eigenvalue weighted by Gasteiger charge is 2.27. The minimum Gasteiger partial charge on any atom is -0.481 e. The van der Waals surface area contributed by atoms with E-state index >= 15 is 0 Å². The molecule has 2 amide bonds. The molecule has 0 aliphatic heterocycles. The van der Waals surface area contributed by atoms with Crippen molar-refractivity contribution in [3.05, 3.63) is 35.9 Å². The van der Waals surface area contributed by atoms with Crippen LogP contribution in [0.15, 0.2) is 30.3 Å². The number of hydrogen-bond donors (Lipinski definition) is 2. The van der Waals surface area contributed by atoms with Gasteiger partial charge in [-0.1, -0.05) is 30.3 Å². The number of carbonyl (C=O) groups excluding carboxylic acids is 1. The van der Waals surface area contributed by atoms with Gasteiger partial charge in [0, 0.05) is 13.1 Å². The molecule has 1 atom stereocenters. The summed E-state index contributed by atoms with van der Waals surface area (Å²) in [6.45, 7) is 3.34. The van der Waals surface area contributed by atoms with Crippen molar-refractivity contribution in [2.45, 2.75) is 32.2 Å². The average Bonchev–Trinajstić information content (AvgIpc) is 3.28. The molecule has 0 spiro atoms. The third-order valence-electron chi connectivity index (χ3n) is 3.72. The summed E-state index contributed by atoms with van der Waals surface area (Å²) in [4.78, 5) is 25.1. The van der Waals surface area contributed by atoms with Gasteiger partial charge in [-0.2, -0.15) is 0 Å². The Balaban J connectivity index is 2.02. The zero-order valence-corrected chi connectivity index (χ0v) is 12.3. The summed E-state index contributed by atoms with van der Waals surface area (Å²) in [5, 5.41) is 11.9. The topological polar surface area (TPSA) is 69.6 Å². The summed E-state index contributed by atoms with van der Waals surface area (Å²) in [6, 6.07) is 8.56. The number of carboxylic acid groups (broad SMARTS) is 1. The number of carboxylic acids is 1. The Morgan fingerprint density at radius 2 is 2.00 bits per heavy atom. The number of rotatable bonds is 7. The molecule has 1 fully saturated rings. The molecule has 2 N–H and O–H groups in total. The Kier molecular flexibility index (Phi) is 5.20. The van der Waals surface area contributed by atoms with Crippen LogP contribution in [0.25, 0.3) is 0 Å².